The van der Waals surface area contributed by atoms with Gasteiger partial charge < -0.3 is 11.5 Å². The fourth-order valence-electron chi connectivity index (χ4n) is 2.81. The summed E-state index contributed by atoms with van der Waals surface area (Å²) in [5, 5.41) is 0. The SMILES string of the molecule is Cc1cc(N)cc(-c2ccc(-c3cc(C)cc(N)c3)cc2)c1. The van der Waals surface area contributed by atoms with Crippen molar-refractivity contribution < 1.29 is 0 Å². The maximum absolute atomic E-state index is 5.94. The van der Waals surface area contributed by atoms with Gasteiger partial charge in [0.25, 0.3) is 0 Å². The molecule has 0 unspecified atom stereocenters. The second-order valence-corrected chi connectivity index (χ2v) is 5.84. The van der Waals surface area contributed by atoms with Gasteiger partial charge in [-0.2, -0.15) is 0 Å². The summed E-state index contributed by atoms with van der Waals surface area (Å²) in [6.07, 6.45) is 0. The van der Waals surface area contributed by atoms with Gasteiger partial charge in [-0.15, -0.1) is 0 Å². The summed E-state index contributed by atoms with van der Waals surface area (Å²) in [5.41, 5.74) is 20.4. The summed E-state index contributed by atoms with van der Waals surface area (Å²) in [4.78, 5) is 0. The van der Waals surface area contributed by atoms with Crippen molar-refractivity contribution >= 4 is 11.4 Å². The van der Waals surface area contributed by atoms with E-state index in [0.29, 0.717) is 0 Å². The minimum atomic E-state index is 0.797. The van der Waals surface area contributed by atoms with Gasteiger partial charge in [-0.05, 0) is 71.5 Å². The second kappa shape index (κ2) is 5.57. The Balaban J connectivity index is 1.98. The van der Waals surface area contributed by atoms with Crippen molar-refractivity contribution in [1.82, 2.24) is 0 Å². The molecule has 0 heterocycles. The van der Waals surface area contributed by atoms with Crippen LogP contribution in [0.15, 0.2) is 60.7 Å². The Hall–Kier alpha value is -2.74. The van der Waals surface area contributed by atoms with Crippen molar-refractivity contribution in [3.63, 3.8) is 0 Å². The molecular formula is C20H20N2. The summed E-state index contributed by atoms with van der Waals surface area (Å²) >= 11 is 0. The standard InChI is InChI=1S/C20H20N2/c1-13-7-17(11-19(21)9-13)15-3-5-16(6-4-15)18-8-14(2)10-20(22)12-18/h3-12H,21-22H2,1-2H3. The zero-order chi connectivity index (χ0) is 15.7. The van der Waals surface area contributed by atoms with Gasteiger partial charge in [-0.1, -0.05) is 36.4 Å². The Morgan fingerprint density at radius 2 is 0.864 bits per heavy atom. The highest BCUT2D eigenvalue weighted by atomic mass is 14.5. The average Bonchev–Trinajstić information content (AvgIpc) is 2.45. The molecular weight excluding hydrogens is 268 g/mol. The number of hydrogen-bond donors (Lipinski definition) is 2. The van der Waals surface area contributed by atoms with Crippen LogP contribution in [-0.2, 0) is 0 Å². The highest BCUT2D eigenvalue weighted by Crippen LogP contribution is 2.28. The van der Waals surface area contributed by atoms with Crippen LogP contribution in [0.25, 0.3) is 22.3 Å². The topological polar surface area (TPSA) is 52.0 Å². The molecule has 0 bridgehead atoms. The monoisotopic (exact) mass is 288 g/mol. The summed E-state index contributed by atoms with van der Waals surface area (Å²) in [6.45, 7) is 4.12. The third-order valence-corrected chi connectivity index (χ3v) is 3.75. The highest BCUT2D eigenvalue weighted by Gasteiger charge is 2.03. The maximum Gasteiger partial charge on any atom is 0.0322 e. The zero-order valence-corrected chi connectivity index (χ0v) is 12.9. The summed E-state index contributed by atoms with van der Waals surface area (Å²) < 4.78 is 0. The smallest absolute Gasteiger partial charge is 0.0322 e. The molecule has 2 nitrogen and oxygen atoms in total. The lowest BCUT2D eigenvalue weighted by Gasteiger charge is -2.08. The molecule has 3 aromatic rings. The molecule has 0 radical (unpaired) electrons. The molecule has 0 atom stereocenters. The lowest BCUT2D eigenvalue weighted by molar-refractivity contribution is 1.46. The van der Waals surface area contributed by atoms with E-state index < -0.39 is 0 Å². The minimum absolute atomic E-state index is 0.797. The molecule has 110 valence electrons. The molecule has 3 rings (SSSR count). The van der Waals surface area contributed by atoms with Gasteiger partial charge in [0.15, 0.2) is 0 Å². The number of rotatable bonds is 2. The van der Waals surface area contributed by atoms with Crippen LogP contribution in [-0.4, -0.2) is 0 Å². The molecule has 22 heavy (non-hydrogen) atoms. The van der Waals surface area contributed by atoms with Crippen LogP contribution in [0.3, 0.4) is 0 Å². The average molecular weight is 288 g/mol. The van der Waals surface area contributed by atoms with Crippen molar-refractivity contribution in [2.45, 2.75) is 13.8 Å². The van der Waals surface area contributed by atoms with E-state index in [9.17, 15) is 0 Å². The Kier molecular flexibility index (Phi) is 3.60. The fourth-order valence-corrected chi connectivity index (χ4v) is 2.81. The van der Waals surface area contributed by atoms with Crippen LogP contribution < -0.4 is 11.5 Å². The third kappa shape index (κ3) is 2.96. The van der Waals surface area contributed by atoms with Gasteiger partial charge in [0.1, 0.15) is 0 Å². The van der Waals surface area contributed by atoms with Gasteiger partial charge in [0.05, 0.1) is 0 Å². The number of nitrogens with two attached hydrogens (primary N) is 2. The summed E-state index contributed by atoms with van der Waals surface area (Å²) in [6, 6.07) is 20.8. The molecule has 4 N–H and O–H groups in total. The van der Waals surface area contributed by atoms with E-state index in [1.165, 1.54) is 22.3 Å². The molecule has 0 aliphatic heterocycles. The van der Waals surface area contributed by atoms with Crippen molar-refractivity contribution in [3.8, 4) is 22.3 Å². The molecule has 0 aliphatic carbocycles. The molecule has 3 aromatic carbocycles. The van der Waals surface area contributed by atoms with Crippen molar-refractivity contribution in [2.24, 2.45) is 0 Å². The number of benzene rings is 3. The van der Waals surface area contributed by atoms with Crippen LogP contribution in [0.4, 0.5) is 11.4 Å². The van der Waals surface area contributed by atoms with E-state index in [2.05, 4.69) is 50.2 Å². The molecule has 0 amide bonds. The fraction of sp³-hybridized carbons (Fsp3) is 0.100. The quantitative estimate of drug-likeness (QED) is 0.665. The van der Waals surface area contributed by atoms with Crippen LogP contribution in [0.2, 0.25) is 0 Å². The van der Waals surface area contributed by atoms with Gasteiger partial charge in [-0.25, -0.2) is 0 Å². The van der Waals surface area contributed by atoms with E-state index in [1.807, 2.05) is 24.3 Å². The normalized spacial score (nSPS) is 10.6. The predicted molar refractivity (Wildman–Crippen MR) is 95.6 cm³/mol. The van der Waals surface area contributed by atoms with E-state index in [-0.39, 0.29) is 0 Å². The number of nitrogen functional groups attached to an aromatic ring is 2. The van der Waals surface area contributed by atoms with Crippen LogP contribution in [0.1, 0.15) is 11.1 Å². The predicted octanol–water partition coefficient (Wildman–Crippen LogP) is 4.80. The van der Waals surface area contributed by atoms with E-state index >= 15 is 0 Å². The molecule has 0 saturated carbocycles. The van der Waals surface area contributed by atoms with Gasteiger partial charge >= 0.3 is 0 Å². The van der Waals surface area contributed by atoms with Gasteiger partial charge in [0.2, 0.25) is 0 Å². The minimum Gasteiger partial charge on any atom is -0.399 e. The number of hydrogen-bond acceptors (Lipinski definition) is 2. The first-order chi connectivity index (χ1) is 10.5. The molecule has 2 heteroatoms. The Morgan fingerprint density at radius 1 is 0.500 bits per heavy atom. The van der Waals surface area contributed by atoms with Crippen molar-refractivity contribution in [1.29, 1.82) is 0 Å². The summed E-state index contributed by atoms with van der Waals surface area (Å²) in [7, 11) is 0. The van der Waals surface area contributed by atoms with Crippen molar-refractivity contribution in [3.05, 3.63) is 71.8 Å². The molecule has 0 saturated heterocycles. The highest BCUT2D eigenvalue weighted by molar-refractivity contribution is 5.74. The third-order valence-electron chi connectivity index (χ3n) is 3.75. The molecule has 0 aliphatic rings. The van der Waals surface area contributed by atoms with E-state index in [0.717, 1.165) is 22.5 Å². The maximum atomic E-state index is 5.94. The molecule has 0 aromatic heterocycles. The van der Waals surface area contributed by atoms with E-state index in [1.54, 1.807) is 0 Å². The van der Waals surface area contributed by atoms with Gasteiger partial charge in [0, 0.05) is 11.4 Å². The number of aryl methyl sites for hydroxylation is 2. The van der Waals surface area contributed by atoms with Crippen LogP contribution >= 0.6 is 0 Å². The Bertz CT molecular complexity index is 707. The summed E-state index contributed by atoms with van der Waals surface area (Å²) in [5.74, 6) is 0. The first kappa shape index (κ1) is 14.2. The van der Waals surface area contributed by atoms with Crippen LogP contribution in [0.5, 0.6) is 0 Å². The Labute approximate surface area is 131 Å². The first-order valence-corrected chi connectivity index (χ1v) is 7.36. The van der Waals surface area contributed by atoms with E-state index in [4.69, 9.17) is 11.5 Å². The van der Waals surface area contributed by atoms with Crippen LogP contribution in [0, 0.1) is 13.8 Å². The first-order valence-electron chi connectivity index (χ1n) is 7.36. The lowest BCUT2D eigenvalue weighted by atomic mass is 9.98. The Morgan fingerprint density at radius 3 is 1.18 bits per heavy atom. The van der Waals surface area contributed by atoms with Gasteiger partial charge in [-0.3, -0.25) is 0 Å². The lowest BCUT2D eigenvalue weighted by Crippen LogP contribution is -1.89. The zero-order valence-electron chi connectivity index (χ0n) is 12.9. The number of anilines is 2. The largest absolute Gasteiger partial charge is 0.399 e. The van der Waals surface area contributed by atoms with Crippen molar-refractivity contribution in [2.75, 3.05) is 11.5 Å². The molecule has 0 spiro atoms. The second-order valence-electron chi connectivity index (χ2n) is 5.84. The molecule has 0 fully saturated rings.